The second-order valence-electron chi connectivity index (χ2n) is 5.51. The highest BCUT2D eigenvalue weighted by molar-refractivity contribution is 9.10. The summed E-state index contributed by atoms with van der Waals surface area (Å²) in [5, 5.41) is 0. The SMILES string of the molecule is CC[C@@]1(Br)C(=O)C(C)(C)C(=O)O[C@H]1c1ccc(Br)cc1. The molecule has 2 atom stereocenters. The van der Waals surface area contributed by atoms with Crippen molar-refractivity contribution < 1.29 is 14.3 Å². The first-order valence-corrected chi connectivity index (χ1v) is 8.02. The molecule has 2 rings (SSSR count). The van der Waals surface area contributed by atoms with Crippen LogP contribution in [-0.4, -0.2) is 16.1 Å². The molecule has 0 radical (unpaired) electrons. The van der Waals surface area contributed by atoms with Crippen LogP contribution in [0.2, 0.25) is 0 Å². The summed E-state index contributed by atoms with van der Waals surface area (Å²) in [4.78, 5) is 24.8. The van der Waals surface area contributed by atoms with Crippen molar-refractivity contribution in [3.8, 4) is 0 Å². The Balaban J connectivity index is 2.49. The molecule has 1 aromatic rings. The average Bonchev–Trinajstić information content (AvgIpc) is 2.42. The molecule has 5 heteroatoms. The van der Waals surface area contributed by atoms with Gasteiger partial charge in [0, 0.05) is 4.47 Å². The second kappa shape index (κ2) is 5.26. The van der Waals surface area contributed by atoms with Crippen LogP contribution in [-0.2, 0) is 14.3 Å². The van der Waals surface area contributed by atoms with Gasteiger partial charge in [0.25, 0.3) is 0 Å². The fourth-order valence-electron chi connectivity index (χ4n) is 2.39. The number of benzene rings is 1. The van der Waals surface area contributed by atoms with Gasteiger partial charge >= 0.3 is 5.97 Å². The second-order valence-corrected chi connectivity index (χ2v) is 7.84. The van der Waals surface area contributed by atoms with Crippen LogP contribution in [0.3, 0.4) is 0 Å². The van der Waals surface area contributed by atoms with Crippen molar-refractivity contribution >= 4 is 43.6 Å². The summed E-state index contributed by atoms with van der Waals surface area (Å²) in [6, 6.07) is 7.46. The number of ether oxygens (including phenoxy) is 1. The van der Waals surface area contributed by atoms with Gasteiger partial charge in [-0.25, -0.2) is 0 Å². The number of cyclic esters (lactones) is 1. The maximum absolute atomic E-state index is 12.7. The van der Waals surface area contributed by atoms with Gasteiger partial charge in [-0.15, -0.1) is 0 Å². The Morgan fingerprint density at radius 2 is 1.75 bits per heavy atom. The number of Topliss-reactive ketones (excluding diaryl/α,β-unsaturated/α-hetero) is 1. The molecule has 3 nitrogen and oxygen atoms in total. The molecule has 0 aromatic heterocycles. The number of hydrogen-bond acceptors (Lipinski definition) is 3. The van der Waals surface area contributed by atoms with E-state index in [4.69, 9.17) is 4.74 Å². The molecule has 1 aliphatic rings. The molecule has 0 spiro atoms. The van der Waals surface area contributed by atoms with Crippen molar-refractivity contribution in [3.63, 3.8) is 0 Å². The van der Waals surface area contributed by atoms with Crippen LogP contribution >= 0.6 is 31.9 Å². The minimum Gasteiger partial charge on any atom is -0.455 e. The van der Waals surface area contributed by atoms with Gasteiger partial charge in [-0.1, -0.05) is 50.9 Å². The molecule has 1 fully saturated rings. The maximum Gasteiger partial charge on any atom is 0.319 e. The topological polar surface area (TPSA) is 43.4 Å². The summed E-state index contributed by atoms with van der Waals surface area (Å²) >= 11 is 6.92. The van der Waals surface area contributed by atoms with E-state index in [1.54, 1.807) is 13.8 Å². The van der Waals surface area contributed by atoms with Crippen molar-refractivity contribution in [2.75, 3.05) is 0 Å². The van der Waals surface area contributed by atoms with Gasteiger partial charge < -0.3 is 4.74 Å². The van der Waals surface area contributed by atoms with Crippen LogP contribution < -0.4 is 0 Å². The van der Waals surface area contributed by atoms with Crippen molar-refractivity contribution in [1.82, 2.24) is 0 Å². The lowest BCUT2D eigenvalue weighted by atomic mass is 9.74. The summed E-state index contributed by atoms with van der Waals surface area (Å²) in [7, 11) is 0. The molecular weight excluding hydrogens is 388 g/mol. The van der Waals surface area contributed by atoms with E-state index in [2.05, 4.69) is 31.9 Å². The molecule has 0 saturated carbocycles. The molecule has 1 aliphatic heterocycles. The first kappa shape index (κ1) is 15.7. The Labute approximate surface area is 135 Å². The third-order valence-corrected chi connectivity index (χ3v) is 5.65. The quantitative estimate of drug-likeness (QED) is 0.422. The number of ketones is 1. The number of rotatable bonds is 2. The fourth-order valence-corrected chi connectivity index (χ4v) is 3.51. The number of esters is 1. The largest absolute Gasteiger partial charge is 0.455 e. The van der Waals surface area contributed by atoms with Crippen molar-refractivity contribution in [2.24, 2.45) is 5.41 Å². The molecule has 1 saturated heterocycles. The smallest absolute Gasteiger partial charge is 0.319 e. The predicted octanol–water partition coefficient (Wildman–Crippen LogP) is 4.19. The summed E-state index contributed by atoms with van der Waals surface area (Å²) in [5.74, 6) is -0.601. The summed E-state index contributed by atoms with van der Waals surface area (Å²) in [6.07, 6.45) is -0.0582. The van der Waals surface area contributed by atoms with E-state index in [0.717, 1.165) is 10.0 Å². The Kier molecular flexibility index (Phi) is 4.13. The zero-order chi connectivity index (χ0) is 15.1. The van der Waals surface area contributed by atoms with Crippen LogP contribution in [0.5, 0.6) is 0 Å². The lowest BCUT2D eigenvalue weighted by molar-refractivity contribution is -0.176. The van der Waals surface area contributed by atoms with E-state index in [-0.39, 0.29) is 5.78 Å². The highest BCUT2D eigenvalue weighted by atomic mass is 79.9. The maximum atomic E-state index is 12.7. The minimum atomic E-state index is -1.12. The number of carbonyl (C=O) groups excluding carboxylic acids is 2. The van der Waals surface area contributed by atoms with E-state index in [1.165, 1.54) is 0 Å². The number of hydrogen-bond donors (Lipinski definition) is 0. The Morgan fingerprint density at radius 1 is 1.20 bits per heavy atom. The molecule has 108 valence electrons. The Hall–Kier alpha value is -0.680. The Bertz CT molecular complexity index is 551. The molecule has 1 heterocycles. The zero-order valence-corrected chi connectivity index (χ0v) is 14.7. The first-order chi connectivity index (χ1) is 9.23. The molecule has 0 unspecified atom stereocenters. The van der Waals surface area contributed by atoms with Crippen LogP contribution in [0.25, 0.3) is 0 Å². The summed E-state index contributed by atoms with van der Waals surface area (Å²) in [6.45, 7) is 5.13. The molecule has 0 N–H and O–H groups in total. The highest BCUT2D eigenvalue weighted by Crippen LogP contribution is 2.49. The van der Waals surface area contributed by atoms with Gasteiger partial charge in [0.15, 0.2) is 5.78 Å². The molecule has 20 heavy (non-hydrogen) atoms. The third kappa shape index (κ3) is 2.35. The van der Waals surface area contributed by atoms with Gasteiger partial charge in [0.05, 0.1) is 0 Å². The van der Waals surface area contributed by atoms with Gasteiger partial charge in [-0.3, -0.25) is 9.59 Å². The summed E-state index contributed by atoms with van der Waals surface area (Å²) < 4.78 is 5.64. The predicted molar refractivity (Wildman–Crippen MR) is 83.7 cm³/mol. The van der Waals surface area contributed by atoms with E-state index in [9.17, 15) is 9.59 Å². The molecule has 0 aliphatic carbocycles. The minimum absolute atomic E-state index is 0.128. The number of carbonyl (C=O) groups is 2. The van der Waals surface area contributed by atoms with E-state index in [1.807, 2.05) is 31.2 Å². The molecule has 0 amide bonds. The van der Waals surface area contributed by atoms with Gasteiger partial charge in [-0.05, 0) is 38.0 Å². The molecule has 0 bridgehead atoms. The highest BCUT2D eigenvalue weighted by Gasteiger charge is 2.58. The average molecular weight is 404 g/mol. The van der Waals surface area contributed by atoms with E-state index >= 15 is 0 Å². The third-order valence-electron chi connectivity index (χ3n) is 3.78. The fraction of sp³-hybridized carbons (Fsp3) is 0.467. The molecule has 1 aromatic carbocycles. The lowest BCUT2D eigenvalue weighted by Crippen LogP contribution is -2.55. The first-order valence-electron chi connectivity index (χ1n) is 6.44. The van der Waals surface area contributed by atoms with Crippen molar-refractivity contribution in [3.05, 3.63) is 34.3 Å². The standard InChI is InChI=1S/C15H16Br2O3/c1-4-15(17)11(9-5-7-10(16)8-6-9)20-13(19)14(2,3)12(15)18/h5-8,11H,4H2,1-3H3/t11-,15-/m0/s1. The Morgan fingerprint density at radius 3 is 2.25 bits per heavy atom. The number of alkyl halides is 1. The van der Waals surface area contributed by atoms with E-state index < -0.39 is 21.8 Å². The number of halogens is 2. The molecular formula is C15H16Br2O3. The van der Waals surface area contributed by atoms with Gasteiger partial charge in [0.2, 0.25) is 0 Å². The van der Waals surface area contributed by atoms with Crippen LogP contribution in [0, 0.1) is 5.41 Å². The normalized spacial score (nSPS) is 29.1. The van der Waals surface area contributed by atoms with Gasteiger partial charge in [-0.2, -0.15) is 0 Å². The van der Waals surface area contributed by atoms with E-state index in [0.29, 0.717) is 6.42 Å². The lowest BCUT2D eigenvalue weighted by Gasteiger charge is -2.43. The van der Waals surface area contributed by atoms with Crippen molar-refractivity contribution in [2.45, 2.75) is 37.6 Å². The van der Waals surface area contributed by atoms with Crippen LogP contribution in [0.15, 0.2) is 28.7 Å². The van der Waals surface area contributed by atoms with Gasteiger partial charge in [0.1, 0.15) is 15.8 Å². The summed E-state index contributed by atoms with van der Waals surface area (Å²) in [5.41, 5.74) is -0.310. The zero-order valence-electron chi connectivity index (χ0n) is 11.6. The van der Waals surface area contributed by atoms with Crippen LogP contribution in [0.1, 0.15) is 38.9 Å². The van der Waals surface area contributed by atoms with Crippen molar-refractivity contribution in [1.29, 1.82) is 0 Å². The monoisotopic (exact) mass is 402 g/mol. The van der Waals surface area contributed by atoms with Crippen LogP contribution in [0.4, 0.5) is 0 Å².